The summed E-state index contributed by atoms with van der Waals surface area (Å²) in [5.41, 5.74) is 1.45. The number of hydrogen-bond acceptors (Lipinski definition) is 2. The molecule has 0 atom stereocenters. The van der Waals surface area contributed by atoms with Gasteiger partial charge in [0, 0.05) is 13.1 Å². The molecule has 0 aromatic heterocycles. The Labute approximate surface area is 153 Å². The molecule has 2 aromatic carbocycles. The molecule has 3 rings (SSSR count). The van der Waals surface area contributed by atoms with E-state index in [4.69, 9.17) is 0 Å². The van der Waals surface area contributed by atoms with Gasteiger partial charge in [0.1, 0.15) is 11.6 Å². The number of benzene rings is 2. The van der Waals surface area contributed by atoms with Crippen LogP contribution in [0.1, 0.15) is 29.6 Å². The molecule has 1 aliphatic rings. The van der Waals surface area contributed by atoms with E-state index in [-0.39, 0.29) is 17.3 Å². The van der Waals surface area contributed by atoms with Crippen molar-refractivity contribution >= 4 is 5.91 Å². The smallest absolute Gasteiger partial charge is 0.256 e. The minimum atomic E-state index is -0.533. The molecule has 1 fully saturated rings. The van der Waals surface area contributed by atoms with Crippen LogP contribution in [0.5, 0.6) is 0 Å². The third kappa shape index (κ3) is 4.28. The summed E-state index contributed by atoms with van der Waals surface area (Å²) < 4.78 is 27.6. The Morgan fingerprint density at radius 3 is 2.35 bits per heavy atom. The quantitative estimate of drug-likeness (QED) is 0.873. The first kappa shape index (κ1) is 18.5. The lowest BCUT2D eigenvalue weighted by Crippen LogP contribution is -2.39. The monoisotopic (exact) mass is 358 g/mol. The molecule has 0 radical (unpaired) electrons. The summed E-state index contributed by atoms with van der Waals surface area (Å²) in [6.07, 6.45) is 3.03. The van der Waals surface area contributed by atoms with E-state index in [0.29, 0.717) is 24.6 Å². The second-order valence-electron chi connectivity index (χ2n) is 6.83. The van der Waals surface area contributed by atoms with Crippen molar-refractivity contribution in [3.8, 4) is 11.1 Å². The molecule has 26 heavy (non-hydrogen) atoms. The molecular weight excluding hydrogens is 334 g/mol. The number of piperidine rings is 1. The Kier molecular flexibility index (Phi) is 5.99. The van der Waals surface area contributed by atoms with Crippen molar-refractivity contribution in [2.45, 2.75) is 19.3 Å². The van der Waals surface area contributed by atoms with Gasteiger partial charge in [-0.1, -0.05) is 18.2 Å². The lowest BCUT2D eigenvalue weighted by molar-refractivity contribution is 0.0682. The lowest BCUT2D eigenvalue weighted by Gasteiger charge is -2.32. The van der Waals surface area contributed by atoms with Crippen LogP contribution in [0.2, 0.25) is 0 Å². The summed E-state index contributed by atoms with van der Waals surface area (Å²) in [7, 11) is 1.94. The van der Waals surface area contributed by atoms with Crippen molar-refractivity contribution < 1.29 is 13.6 Å². The number of carbonyl (C=O) groups excluding carboxylic acids is 1. The maximum atomic E-state index is 14.5. The lowest BCUT2D eigenvalue weighted by atomic mass is 9.93. The number of nitrogens with one attached hydrogen (secondary N) is 1. The van der Waals surface area contributed by atoms with Crippen molar-refractivity contribution in [2.75, 3.05) is 26.7 Å². The zero-order chi connectivity index (χ0) is 18.5. The van der Waals surface area contributed by atoms with Crippen LogP contribution >= 0.6 is 0 Å². The van der Waals surface area contributed by atoms with Gasteiger partial charge in [0.25, 0.3) is 5.91 Å². The molecule has 0 aliphatic carbocycles. The summed E-state index contributed by atoms with van der Waals surface area (Å²) in [6, 6.07) is 10.5. The van der Waals surface area contributed by atoms with Gasteiger partial charge in [0.15, 0.2) is 0 Å². The first-order chi connectivity index (χ1) is 12.6. The molecule has 1 aliphatic heterocycles. The average Bonchev–Trinajstić information content (AvgIpc) is 2.67. The molecule has 0 saturated carbocycles. The van der Waals surface area contributed by atoms with Crippen LogP contribution in [-0.4, -0.2) is 37.5 Å². The Balaban J connectivity index is 1.68. The number of nitrogens with zero attached hydrogens (tertiary/aromatic N) is 1. The maximum Gasteiger partial charge on any atom is 0.256 e. The van der Waals surface area contributed by atoms with Gasteiger partial charge in [0.05, 0.1) is 5.56 Å². The van der Waals surface area contributed by atoms with Gasteiger partial charge in [-0.3, -0.25) is 4.79 Å². The molecule has 3 nitrogen and oxygen atoms in total. The minimum Gasteiger partial charge on any atom is -0.339 e. The van der Waals surface area contributed by atoms with E-state index in [1.807, 2.05) is 7.05 Å². The fourth-order valence-corrected chi connectivity index (χ4v) is 3.45. The summed E-state index contributed by atoms with van der Waals surface area (Å²) in [4.78, 5) is 14.4. The number of hydrogen-bond donors (Lipinski definition) is 1. The van der Waals surface area contributed by atoms with Crippen LogP contribution in [-0.2, 0) is 0 Å². The number of amides is 1. The Bertz CT molecular complexity index is 753. The Morgan fingerprint density at radius 2 is 1.73 bits per heavy atom. The summed E-state index contributed by atoms with van der Waals surface area (Å²) in [6.45, 7) is 2.33. The van der Waals surface area contributed by atoms with Gasteiger partial charge in [-0.05, 0) is 74.2 Å². The SMILES string of the molecule is CNCCC1CCN(C(=O)c2ccc(-c3ccc(F)cc3)cc2F)CC1. The normalized spacial score (nSPS) is 15.3. The number of halogens is 2. The van der Waals surface area contributed by atoms with Gasteiger partial charge in [0.2, 0.25) is 0 Å². The molecular formula is C21H24F2N2O. The van der Waals surface area contributed by atoms with Crippen LogP contribution in [0.3, 0.4) is 0 Å². The van der Waals surface area contributed by atoms with Gasteiger partial charge >= 0.3 is 0 Å². The predicted molar refractivity (Wildman–Crippen MR) is 99.0 cm³/mol. The maximum absolute atomic E-state index is 14.5. The van der Waals surface area contributed by atoms with E-state index >= 15 is 0 Å². The Morgan fingerprint density at radius 1 is 1.08 bits per heavy atom. The van der Waals surface area contributed by atoms with Gasteiger partial charge in [-0.25, -0.2) is 8.78 Å². The topological polar surface area (TPSA) is 32.3 Å². The largest absolute Gasteiger partial charge is 0.339 e. The highest BCUT2D eigenvalue weighted by molar-refractivity contribution is 5.95. The van der Waals surface area contributed by atoms with Gasteiger partial charge < -0.3 is 10.2 Å². The molecule has 0 spiro atoms. The first-order valence-electron chi connectivity index (χ1n) is 9.08. The van der Waals surface area contributed by atoms with Crippen molar-refractivity contribution in [3.63, 3.8) is 0 Å². The highest BCUT2D eigenvalue weighted by Crippen LogP contribution is 2.25. The number of rotatable bonds is 5. The zero-order valence-corrected chi connectivity index (χ0v) is 15.0. The molecule has 0 unspecified atom stereocenters. The van der Waals surface area contributed by atoms with Crippen LogP contribution < -0.4 is 5.32 Å². The average molecular weight is 358 g/mol. The van der Waals surface area contributed by atoms with Crippen molar-refractivity contribution in [1.82, 2.24) is 10.2 Å². The second kappa shape index (κ2) is 8.41. The zero-order valence-electron chi connectivity index (χ0n) is 15.0. The van der Waals surface area contributed by atoms with E-state index in [2.05, 4.69) is 5.32 Å². The van der Waals surface area contributed by atoms with Crippen molar-refractivity contribution in [3.05, 3.63) is 59.7 Å². The first-order valence-corrected chi connectivity index (χ1v) is 9.08. The number of carbonyl (C=O) groups is 1. The minimum absolute atomic E-state index is 0.101. The number of likely N-dealkylation sites (tertiary alicyclic amines) is 1. The third-order valence-electron chi connectivity index (χ3n) is 5.08. The van der Waals surface area contributed by atoms with E-state index < -0.39 is 5.82 Å². The molecule has 1 N–H and O–H groups in total. The molecule has 0 bridgehead atoms. The summed E-state index contributed by atoms with van der Waals surface area (Å²) >= 11 is 0. The Hall–Kier alpha value is -2.27. The molecule has 1 heterocycles. The molecule has 1 saturated heterocycles. The molecule has 138 valence electrons. The van der Waals surface area contributed by atoms with E-state index in [1.165, 1.54) is 24.3 Å². The predicted octanol–water partition coefficient (Wildman–Crippen LogP) is 4.09. The highest BCUT2D eigenvalue weighted by Gasteiger charge is 2.25. The summed E-state index contributed by atoms with van der Waals surface area (Å²) in [5.74, 6) is -0.495. The van der Waals surface area contributed by atoms with Crippen molar-refractivity contribution in [2.24, 2.45) is 5.92 Å². The van der Waals surface area contributed by atoms with Gasteiger partial charge in [-0.15, -0.1) is 0 Å². The van der Waals surface area contributed by atoms with Gasteiger partial charge in [-0.2, -0.15) is 0 Å². The fourth-order valence-electron chi connectivity index (χ4n) is 3.45. The van der Waals surface area contributed by atoms with Crippen LogP contribution in [0, 0.1) is 17.6 Å². The molecule has 1 amide bonds. The fraction of sp³-hybridized carbons (Fsp3) is 0.381. The van der Waals surface area contributed by atoms with E-state index in [0.717, 1.165) is 31.4 Å². The standard InChI is InChI=1S/C21H24F2N2O/c1-24-11-8-15-9-12-25(13-10-15)21(26)19-7-4-17(14-20(19)23)16-2-5-18(22)6-3-16/h2-7,14-15,24H,8-13H2,1H3. The summed E-state index contributed by atoms with van der Waals surface area (Å²) in [5, 5.41) is 3.15. The third-order valence-corrected chi connectivity index (χ3v) is 5.08. The van der Waals surface area contributed by atoms with Crippen LogP contribution in [0.4, 0.5) is 8.78 Å². The molecule has 2 aromatic rings. The van der Waals surface area contributed by atoms with E-state index in [1.54, 1.807) is 23.1 Å². The van der Waals surface area contributed by atoms with Crippen LogP contribution in [0.25, 0.3) is 11.1 Å². The highest BCUT2D eigenvalue weighted by atomic mass is 19.1. The van der Waals surface area contributed by atoms with E-state index in [9.17, 15) is 13.6 Å². The van der Waals surface area contributed by atoms with Crippen molar-refractivity contribution in [1.29, 1.82) is 0 Å². The second-order valence-corrected chi connectivity index (χ2v) is 6.83. The van der Waals surface area contributed by atoms with Crippen LogP contribution in [0.15, 0.2) is 42.5 Å². The molecule has 5 heteroatoms.